The lowest BCUT2D eigenvalue weighted by Gasteiger charge is -2.10. The van der Waals surface area contributed by atoms with E-state index in [0.717, 1.165) is 5.56 Å². The Bertz CT molecular complexity index is 462. The zero-order valence-electron chi connectivity index (χ0n) is 10.7. The highest BCUT2D eigenvalue weighted by molar-refractivity contribution is 5.99. The van der Waals surface area contributed by atoms with Crippen LogP contribution in [0.15, 0.2) is 18.2 Å². The third-order valence-corrected chi connectivity index (χ3v) is 2.35. The molecule has 6 N–H and O–H groups in total. The van der Waals surface area contributed by atoms with Crippen molar-refractivity contribution in [2.24, 2.45) is 11.6 Å². The van der Waals surface area contributed by atoms with Gasteiger partial charge in [0.15, 0.2) is 0 Å². The molecule has 0 fully saturated rings. The summed E-state index contributed by atoms with van der Waals surface area (Å²) in [5.41, 5.74) is 9.38. The zero-order chi connectivity index (χ0) is 14.3. The predicted octanol–water partition coefficient (Wildman–Crippen LogP) is -0.488. The van der Waals surface area contributed by atoms with Gasteiger partial charge in [-0.25, -0.2) is 0 Å². The van der Waals surface area contributed by atoms with Crippen LogP contribution in [0.2, 0.25) is 0 Å². The Labute approximate surface area is 111 Å². The molecule has 0 aliphatic heterocycles. The van der Waals surface area contributed by atoms with Gasteiger partial charge in [0.25, 0.3) is 5.91 Å². The number of nitrogens with two attached hydrogens (primary N) is 2. The number of carbonyl (C=O) groups is 2. The largest absolute Gasteiger partial charge is 0.370 e. The standard InChI is InChI=1S/C12H18N4O3/c1-8-2-3-9(10(6-8)16-14)12(18)15-4-5-19-7-11(13)17/h2-3,6,16H,4-5,7,14H2,1H3,(H2,13,17)(H,15,18). The summed E-state index contributed by atoms with van der Waals surface area (Å²) in [6, 6.07) is 5.28. The molecule has 0 atom stereocenters. The molecule has 0 aliphatic carbocycles. The van der Waals surface area contributed by atoms with Crippen molar-refractivity contribution in [3.63, 3.8) is 0 Å². The second-order valence-corrected chi connectivity index (χ2v) is 3.97. The fraction of sp³-hybridized carbons (Fsp3) is 0.333. The number of carbonyl (C=O) groups excluding carboxylic acids is 2. The Balaban J connectivity index is 2.47. The molecule has 0 saturated carbocycles. The first-order chi connectivity index (χ1) is 9.04. The first-order valence-electron chi connectivity index (χ1n) is 5.76. The number of nitrogens with one attached hydrogen (secondary N) is 2. The fourth-order valence-electron chi connectivity index (χ4n) is 1.48. The third-order valence-electron chi connectivity index (χ3n) is 2.35. The summed E-state index contributed by atoms with van der Waals surface area (Å²) in [5, 5.41) is 2.66. The summed E-state index contributed by atoms with van der Waals surface area (Å²) in [5.74, 6) is 4.55. The van der Waals surface area contributed by atoms with E-state index in [4.69, 9.17) is 16.3 Å². The summed E-state index contributed by atoms with van der Waals surface area (Å²) in [6.07, 6.45) is 0. The minimum absolute atomic E-state index is 0.157. The molecule has 1 rings (SSSR count). The molecule has 0 spiro atoms. The summed E-state index contributed by atoms with van der Waals surface area (Å²) in [4.78, 5) is 22.3. The Morgan fingerprint density at radius 3 is 2.74 bits per heavy atom. The minimum Gasteiger partial charge on any atom is -0.370 e. The Hall–Kier alpha value is -2.12. The van der Waals surface area contributed by atoms with Crippen molar-refractivity contribution in [2.45, 2.75) is 6.92 Å². The summed E-state index contributed by atoms with van der Waals surface area (Å²) in [7, 11) is 0. The van der Waals surface area contributed by atoms with Crippen molar-refractivity contribution in [1.82, 2.24) is 5.32 Å². The highest BCUT2D eigenvalue weighted by Gasteiger charge is 2.10. The molecule has 1 aromatic carbocycles. The van der Waals surface area contributed by atoms with Crippen molar-refractivity contribution in [1.29, 1.82) is 0 Å². The molecule has 0 aliphatic rings. The molecule has 7 nitrogen and oxygen atoms in total. The molecular formula is C12H18N4O3. The summed E-state index contributed by atoms with van der Waals surface area (Å²) < 4.78 is 4.93. The Kier molecular flexibility index (Phi) is 5.77. The number of aryl methyl sites for hydroxylation is 1. The van der Waals surface area contributed by atoms with E-state index in [0.29, 0.717) is 11.3 Å². The van der Waals surface area contributed by atoms with Crippen molar-refractivity contribution in [2.75, 3.05) is 25.2 Å². The first kappa shape index (κ1) is 14.9. The van der Waals surface area contributed by atoms with Gasteiger partial charge in [-0.05, 0) is 24.6 Å². The van der Waals surface area contributed by atoms with Crippen LogP contribution in [0.25, 0.3) is 0 Å². The molecule has 2 amide bonds. The van der Waals surface area contributed by atoms with Gasteiger partial charge in [-0.3, -0.25) is 15.4 Å². The molecular weight excluding hydrogens is 248 g/mol. The smallest absolute Gasteiger partial charge is 0.253 e. The molecule has 0 unspecified atom stereocenters. The molecule has 0 heterocycles. The van der Waals surface area contributed by atoms with Gasteiger partial charge in [-0.1, -0.05) is 6.07 Å². The van der Waals surface area contributed by atoms with E-state index < -0.39 is 5.91 Å². The zero-order valence-corrected chi connectivity index (χ0v) is 10.7. The molecule has 1 aromatic rings. The van der Waals surface area contributed by atoms with Gasteiger partial charge in [0.2, 0.25) is 5.91 Å². The number of hydrazine groups is 1. The van der Waals surface area contributed by atoms with Crippen LogP contribution in [0.1, 0.15) is 15.9 Å². The molecule has 7 heteroatoms. The van der Waals surface area contributed by atoms with Crippen LogP contribution < -0.4 is 22.3 Å². The van der Waals surface area contributed by atoms with Crippen molar-refractivity contribution < 1.29 is 14.3 Å². The van der Waals surface area contributed by atoms with E-state index >= 15 is 0 Å². The van der Waals surface area contributed by atoms with Gasteiger partial charge in [-0.15, -0.1) is 0 Å². The number of amides is 2. The maximum atomic E-state index is 11.9. The average Bonchev–Trinajstić information content (AvgIpc) is 2.37. The highest BCUT2D eigenvalue weighted by atomic mass is 16.5. The Morgan fingerprint density at radius 1 is 1.37 bits per heavy atom. The van der Waals surface area contributed by atoms with Crippen LogP contribution in [0, 0.1) is 6.92 Å². The van der Waals surface area contributed by atoms with Gasteiger partial charge in [-0.2, -0.15) is 0 Å². The van der Waals surface area contributed by atoms with Crippen molar-refractivity contribution >= 4 is 17.5 Å². The number of ether oxygens (including phenoxy) is 1. The average molecular weight is 266 g/mol. The molecule has 19 heavy (non-hydrogen) atoms. The fourth-order valence-corrected chi connectivity index (χ4v) is 1.48. The second-order valence-electron chi connectivity index (χ2n) is 3.97. The van der Waals surface area contributed by atoms with E-state index in [1.54, 1.807) is 12.1 Å². The quantitative estimate of drug-likeness (QED) is 0.302. The van der Waals surface area contributed by atoms with E-state index in [1.165, 1.54) is 0 Å². The normalized spacial score (nSPS) is 10.0. The lowest BCUT2D eigenvalue weighted by Crippen LogP contribution is -2.29. The number of primary amides is 1. The number of hydrogen-bond acceptors (Lipinski definition) is 5. The SMILES string of the molecule is Cc1ccc(C(=O)NCCOCC(N)=O)c(NN)c1. The van der Waals surface area contributed by atoms with Crippen LogP contribution in [0.3, 0.4) is 0 Å². The number of hydrogen-bond donors (Lipinski definition) is 4. The summed E-state index contributed by atoms with van der Waals surface area (Å²) >= 11 is 0. The van der Waals surface area contributed by atoms with Crippen molar-refractivity contribution in [3.05, 3.63) is 29.3 Å². The molecule has 0 radical (unpaired) electrons. The molecule has 0 saturated heterocycles. The van der Waals surface area contributed by atoms with Crippen LogP contribution in [0.4, 0.5) is 5.69 Å². The van der Waals surface area contributed by atoms with Crippen molar-refractivity contribution in [3.8, 4) is 0 Å². The number of nitrogen functional groups attached to an aromatic ring is 1. The van der Waals surface area contributed by atoms with Crippen LogP contribution in [-0.4, -0.2) is 31.6 Å². The maximum absolute atomic E-state index is 11.9. The topological polar surface area (TPSA) is 119 Å². The van der Waals surface area contributed by atoms with Gasteiger partial charge in [0.1, 0.15) is 6.61 Å². The highest BCUT2D eigenvalue weighted by Crippen LogP contribution is 2.16. The van der Waals surface area contributed by atoms with Crippen LogP contribution in [-0.2, 0) is 9.53 Å². The molecule has 104 valence electrons. The predicted molar refractivity (Wildman–Crippen MR) is 71.3 cm³/mol. The number of rotatable bonds is 7. The maximum Gasteiger partial charge on any atom is 0.253 e. The lowest BCUT2D eigenvalue weighted by molar-refractivity contribution is -0.122. The lowest BCUT2D eigenvalue weighted by atomic mass is 10.1. The molecule has 0 bridgehead atoms. The number of anilines is 1. The van der Waals surface area contributed by atoms with E-state index in [9.17, 15) is 9.59 Å². The second kappa shape index (κ2) is 7.34. The van der Waals surface area contributed by atoms with E-state index in [2.05, 4.69) is 10.7 Å². The number of benzene rings is 1. The monoisotopic (exact) mass is 266 g/mol. The minimum atomic E-state index is -0.542. The Morgan fingerprint density at radius 2 is 2.11 bits per heavy atom. The van der Waals surface area contributed by atoms with Crippen LogP contribution >= 0.6 is 0 Å². The summed E-state index contributed by atoms with van der Waals surface area (Å²) in [6.45, 7) is 2.24. The van der Waals surface area contributed by atoms with Gasteiger partial charge < -0.3 is 21.2 Å². The van der Waals surface area contributed by atoms with Gasteiger partial charge in [0.05, 0.1) is 17.9 Å². The van der Waals surface area contributed by atoms with Crippen LogP contribution in [0.5, 0.6) is 0 Å². The van der Waals surface area contributed by atoms with E-state index in [1.807, 2.05) is 13.0 Å². The first-order valence-corrected chi connectivity index (χ1v) is 5.76. The molecule has 0 aromatic heterocycles. The third kappa shape index (κ3) is 4.94. The van der Waals surface area contributed by atoms with E-state index in [-0.39, 0.29) is 25.7 Å². The van der Waals surface area contributed by atoms with Gasteiger partial charge >= 0.3 is 0 Å². The van der Waals surface area contributed by atoms with Gasteiger partial charge in [0, 0.05) is 6.54 Å².